The van der Waals surface area contributed by atoms with Gasteiger partial charge in [-0.05, 0) is 31.9 Å². The molecule has 3 rings (SSSR count). The summed E-state index contributed by atoms with van der Waals surface area (Å²) in [7, 11) is 0. The van der Waals surface area contributed by atoms with Gasteiger partial charge < -0.3 is 9.80 Å². The molecule has 1 unspecified atom stereocenters. The van der Waals surface area contributed by atoms with Gasteiger partial charge in [0.05, 0.1) is 21.7 Å². The van der Waals surface area contributed by atoms with Crippen molar-refractivity contribution in [2.24, 2.45) is 5.92 Å². The van der Waals surface area contributed by atoms with E-state index in [-0.39, 0.29) is 16.8 Å². The largest absolute Gasteiger partial charge is 0.327 e. The first-order chi connectivity index (χ1) is 10.9. The second-order valence-electron chi connectivity index (χ2n) is 5.97. The fourth-order valence-electron chi connectivity index (χ4n) is 2.82. The number of nitrogens with one attached hydrogen (secondary N) is 2. The van der Waals surface area contributed by atoms with Crippen molar-refractivity contribution >= 4 is 40.8 Å². The minimum absolute atomic E-state index is 0.229. The summed E-state index contributed by atoms with van der Waals surface area (Å²) in [6, 6.07) is 4.58. The topological polar surface area (TPSA) is 71.2 Å². The average Bonchev–Trinajstić information content (AvgIpc) is 3.36. The van der Waals surface area contributed by atoms with E-state index >= 15 is 0 Å². The van der Waals surface area contributed by atoms with E-state index in [9.17, 15) is 4.79 Å². The van der Waals surface area contributed by atoms with Crippen molar-refractivity contribution in [3.8, 4) is 0 Å². The summed E-state index contributed by atoms with van der Waals surface area (Å²) in [5, 5.41) is 17.1. The number of nitrogens with zero attached hydrogens (tertiary/aromatic N) is 2. The van der Waals surface area contributed by atoms with Crippen LogP contribution < -0.4 is 0 Å². The Kier molecular flexibility index (Phi) is 4.34. The van der Waals surface area contributed by atoms with Crippen LogP contribution in [0.4, 0.5) is 0 Å². The Morgan fingerprint density at radius 2 is 1.96 bits per heavy atom. The van der Waals surface area contributed by atoms with Gasteiger partial charge in [-0.25, -0.2) is 0 Å². The third-order valence-electron chi connectivity index (χ3n) is 4.42. The zero-order valence-corrected chi connectivity index (χ0v) is 14.3. The summed E-state index contributed by atoms with van der Waals surface area (Å²) in [5.41, 5.74) is 0.351. The highest BCUT2D eigenvalue weighted by atomic mass is 35.5. The van der Waals surface area contributed by atoms with Crippen LogP contribution in [-0.2, 0) is 0 Å². The number of carbonyl (C=O) groups excluding carboxylic acids is 1. The van der Waals surface area contributed by atoms with Crippen molar-refractivity contribution in [2.45, 2.75) is 25.8 Å². The Balaban J connectivity index is 1.79. The molecule has 1 saturated carbocycles. The number of benzene rings is 1. The molecule has 1 atom stereocenters. The lowest BCUT2D eigenvalue weighted by Gasteiger charge is -2.41. The van der Waals surface area contributed by atoms with Crippen LogP contribution in [0.3, 0.4) is 0 Å². The van der Waals surface area contributed by atoms with Crippen molar-refractivity contribution in [2.75, 3.05) is 13.1 Å². The summed E-state index contributed by atoms with van der Waals surface area (Å²) in [6.45, 7) is 2.74. The molecule has 1 aromatic carbocycles. The first kappa shape index (κ1) is 16.3. The SMILES string of the molecule is CC1C(=N)N(C(=N)C2CC2)CCN1C(=O)c1cccc(Cl)c1Cl. The summed E-state index contributed by atoms with van der Waals surface area (Å²) in [4.78, 5) is 16.1. The van der Waals surface area contributed by atoms with Crippen LogP contribution in [0.5, 0.6) is 0 Å². The lowest BCUT2D eigenvalue weighted by Crippen LogP contribution is -2.59. The summed E-state index contributed by atoms with van der Waals surface area (Å²) < 4.78 is 0. The molecule has 23 heavy (non-hydrogen) atoms. The molecule has 1 aliphatic carbocycles. The maximum atomic E-state index is 12.8. The lowest BCUT2D eigenvalue weighted by molar-refractivity contribution is 0.0700. The Bertz CT molecular complexity index is 687. The van der Waals surface area contributed by atoms with Gasteiger partial charge in [0.2, 0.25) is 0 Å². The second kappa shape index (κ2) is 6.13. The molecule has 0 bridgehead atoms. The van der Waals surface area contributed by atoms with Crippen LogP contribution in [-0.4, -0.2) is 46.5 Å². The molecule has 2 fully saturated rings. The quantitative estimate of drug-likeness (QED) is 0.631. The molecule has 1 heterocycles. The molecule has 1 amide bonds. The first-order valence-electron chi connectivity index (χ1n) is 7.61. The molecule has 0 radical (unpaired) electrons. The van der Waals surface area contributed by atoms with E-state index in [4.69, 9.17) is 34.0 Å². The minimum Gasteiger partial charge on any atom is -0.327 e. The highest BCUT2D eigenvalue weighted by Gasteiger charge is 2.38. The van der Waals surface area contributed by atoms with Crippen molar-refractivity contribution in [3.63, 3.8) is 0 Å². The molecule has 2 N–H and O–H groups in total. The molecule has 1 aromatic rings. The molecular formula is C16H18Cl2N4O. The minimum atomic E-state index is -0.398. The number of amidine groups is 2. The first-order valence-corrected chi connectivity index (χ1v) is 8.36. The van der Waals surface area contributed by atoms with Crippen molar-refractivity contribution in [1.29, 1.82) is 10.8 Å². The predicted octanol–water partition coefficient (Wildman–Crippen LogP) is 3.50. The molecule has 122 valence electrons. The molecule has 5 nitrogen and oxygen atoms in total. The zero-order chi connectivity index (χ0) is 16.7. The highest BCUT2D eigenvalue weighted by molar-refractivity contribution is 6.43. The highest BCUT2D eigenvalue weighted by Crippen LogP contribution is 2.33. The van der Waals surface area contributed by atoms with Crippen LogP contribution in [0.1, 0.15) is 30.1 Å². The van der Waals surface area contributed by atoms with E-state index < -0.39 is 6.04 Å². The monoisotopic (exact) mass is 352 g/mol. The number of piperazine rings is 1. The second-order valence-corrected chi connectivity index (χ2v) is 6.76. The van der Waals surface area contributed by atoms with E-state index in [2.05, 4.69) is 0 Å². The van der Waals surface area contributed by atoms with E-state index in [1.54, 1.807) is 28.0 Å². The third-order valence-corrected chi connectivity index (χ3v) is 5.24. The van der Waals surface area contributed by atoms with Crippen LogP contribution in [0, 0.1) is 16.7 Å². The van der Waals surface area contributed by atoms with Gasteiger partial charge in [-0.15, -0.1) is 0 Å². The van der Waals surface area contributed by atoms with Crippen LogP contribution in [0.15, 0.2) is 18.2 Å². The summed E-state index contributed by atoms with van der Waals surface area (Å²) in [6.07, 6.45) is 2.05. The van der Waals surface area contributed by atoms with E-state index in [0.717, 1.165) is 12.8 Å². The Morgan fingerprint density at radius 1 is 1.26 bits per heavy atom. The van der Waals surface area contributed by atoms with Gasteiger partial charge in [0, 0.05) is 19.0 Å². The van der Waals surface area contributed by atoms with Gasteiger partial charge in [0.25, 0.3) is 5.91 Å². The van der Waals surface area contributed by atoms with Gasteiger partial charge in [-0.3, -0.25) is 15.6 Å². The molecule has 1 aliphatic heterocycles. The third kappa shape index (κ3) is 2.95. The Morgan fingerprint density at radius 3 is 2.61 bits per heavy atom. The normalized spacial score (nSPS) is 21.5. The molecule has 0 aromatic heterocycles. The van der Waals surface area contributed by atoms with Crippen LogP contribution >= 0.6 is 23.2 Å². The Labute approximate surface area is 145 Å². The maximum Gasteiger partial charge on any atom is 0.256 e. The van der Waals surface area contributed by atoms with Crippen molar-refractivity contribution in [3.05, 3.63) is 33.8 Å². The average molecular weight is 353 g/mol. The van der Waals surface area contributed by atoms with Gasteiger partial charge in [0.1, 0.15) is 11.7 Å². The van der Waals surface area contributed by atoms with E-state index in [0.29, 0.717) is 35.3 Å². The predicted molar refractivity (Wildman–Crippen MR) is 91.8 cm³/mol. The van der Waals surface area contributed by atoms with E-state index in [1.165, 1.54) is 0 Å². The van der Waals surface area contributed by atoms with Crippen molar-refractivity contribution in [1.82, 2.24) is 9.80 Å². The number of hydrogen-bond donors (Lipinski definition) is 2. The summed E-state index contributed by atoms with van der Waals surface area (Å²) in [5.74, 6) is 0.855. The molecule has 2 aliphatic rings. The fraction of sp³-hybridized carbons (Fsp3) is 0.438. The van der Waals surface area contributed by atoms with Crippen LogP contribution in [0.2, 0.25) is 10.0 Å². The van der Waals surface area contributed by atoms with Gasteiger partial charge >= 0.3 is 0 Å². The van der Waals surface area contributed by atoms with Crippen LogP contribution in [0.25, 0.3) is 0 Å². The van der Waals surface area contributed by atoms with Gasteiger partial charge in [-0.2, -0.15) is 0 Å². The smallest absolute Gasteiger partial charge is 0.256 e. The van der Waals surface area contributed by atoms with Gasteiger partial charge in [0.15, 0.2) is 0 Å². The fourth-order valence-corrected chi connectivity index (χ4v) is 3.20. The number of rotatable bonds is 2. The van der Waals surface area contributed by atoms with Gasteiger partial charge in [-0.1, -0.05) is 29.3 Å². The molecule has 0 spiro atoms. The summed E-state index contributed by atoms with van der Waals surface area (Å²) >= 11 is 12.1. The maximum absolute atomic E-state index is 12.8. The molecule has 7 heteroatoms. The number of amides is 1. The standard InChI is InChI=1S/C16H18Cl2N4O/c1-9-14(19)22(15(20)10-5-6-10)8-7-21(9)16(23)11-3-2-4-12(17)13(11)18/h2-4,9-10,19-20H,5-8H2,1H3. The molecule has 1 saturated heterocycles. The Hall–Kier alpha value is -1.59. The van der Waals surface area contributed by atoms with E-state index in [1.807, 2.05) is 6.92 Å². The number of carbonyl (C=O) groups is 1. The van der Waals surface area contributed by atoms with Crippen molar-refractivity contribution < 1.29 is 4.79 Å². The number of hydrogen-bond acceptors (Lipinski definition) is 3. The lowest BCUT2D eigenvalue weighted by atomic mass is 10.1. The number of halogens is 2. The zero-order valence-electron chi connectivity index (χ0n) is 12.8. The molecular weight excluding hydrogens is 335 g/mol.